The van der Waals surface area contributed by atoms with Gasteiger partial charge in [0.15, 0.2) is 0 Å². The van der Waals surface area contributed by atoms with Crippen molar-refractivity contribution in [3.63, 3.8) is 0 Å². The van der Waals surface area contributed by atoms with Crippen LogP contribution in [0.2, 0.25) is 0 Å². The second-order valence-corrected chi connectivity index (χ2v) is 7.92. The number of benzene rings is 1. The summed E-state index contributed by atoms with van der Waals surface area (Å²) >= 11 is 0. The van der Waals surface area contributed by atoms with E-state index < -0.39 is 29.7 Å². The van der Waals surface area contributed by atoms with Gasteiger partial charge in [0, 0.05) is 26.7 Å². The highest BCUT2D eigenvalue weighted by Gasteiger charge is 2.32. The minimum atomic E-state index is -0.613. The highest BCUT2D eigenvalue weighted by atomic mass is 19.1. The molecule has 0 bridgehead atoms. The fourth-order valence-electron chi connectivity index (χ4n) is 3.06. The first-order chi connectivity index (χ1) is 14.1. The van der Waals surface area contributed by atoms with E-state index in [2.05, 4.69) is 5.43 Å². The third-order valence-corrected chi connectivity index (χ3v) is 4.58. The molecular formula is C20H32FN5O4. The Morgan fingerprint density at radius 2 is 2.10 bits per heavy atom. The highest BCUT2D eigenvalue weighted by molar-refractivity contribution is 5.90. The molecule has 10 heteroatoms. The quantitative estimate of drug-likeness (QED) is 0.617. The van der Waals surface area contributed by atoms with Gasteiger partial charge in [-0.15, -0.1) is 0 Å². The molecule has 0 aromatic heterocycles. The Kier molecular flexibility index (Phi) is 7.85. The molecule has 1 aliphatic heterocycles. The van der Waals surface area contributed by atoms with E-state index in [1.165, 1.54) is 16.0 Å². The molecule has 0 radical (unpaired) electrons. The van der Waals surface area contributed by atoms with E-state index in [1.54, 1.807) is 44.9 Å². The van der Waals surface area contributed by atoms with Crippen LogP contribution in [0.4, 0.5) is 25.4 Å². The summed E-state index contributed by atoms with van der Waals surface area (Å²) < 4.78 is 25.4. The number of hydrogen-bond acceptors (Lipinski definition) is 7. The smallest absolute Gasteiger partial charge is 0.424 e. The number of amides is 2. The number of carbonyl (C=O) groups is 2. The molecule has 1 aromatic carbocycles. The first kappa shape index (κ1) is 23.7. The predicted molar refractivity (Wildman–Crippen MR) is 113 cm³/mol. The fraction of sp³-hybridized carbons (Fsp3) is 0.600. The molecule has 0 saturated carbocycles. The van der Waals surface area contributed by atoms with Crippen LogP contribution in [0.1, 0.15) is 27.7 Å². The van der Waals surface area contributed by atoms with Gasteiger partial charge in [0.1, 0.15) is 17.5 Å². The van der Waals surface area contributed by atoms with Gasteiger partial charge < -0.3 is 20.1 Å². The number of nitrogens with zero attached hydrogens (tertiary/aromatic N) is 3. The maximum absolute atomic E-state index is 14.9. The number of anilines is 2. The molecular weight excluding hydrogens is 393 g/mol. The van der Waals surface area contributed by atoms with Crippen molar-refractivity contribution in [1.29, 1.82) is 0 Å². The van der Waals surface area contributed by atoms with Crippen molar-refractivity contribution in [2.75, 3.05) is 49.6 Å². The zero-order valence-electron chi connectivity index (χ0n) is 18.3. The van der Waals surface area contributed by atoms with E-state index in [9.17, 15) is 14.0 Å². The molecule has 168 valence electrons. The number of nitrogens with one attached hydrogen (secondary N) is 1. The van der Waals surface area contributed by atoms with Crippen molar-refractivity contribution in [3.8, 4) is 0 Å². The van der Waals surface area contributed by atoms with Gasteiger partial charge in [-0.25, -0.2) is 24.4 Å². The Balaban J connectivity index is 2.07. The van der Waals surface area contributed by atoms with Gasteiger partial charge in [-0.1, -0.05) is 0 Å². The van der Waals surface area contributed by atoms with Gasteiger partial charge in [0.05, 0.1) is 24.5 Å². The summed E-state index contributed by atoms with van der Waals surface area (Å²) in [5.41, 5.74) is 8.53. The van der Waals surface area contributed by atoms with Crippen molar-refractivity contribution >= 4 is 23.6 Å². The molecule has 1 aromatic rings. The molecule has 0 spiro atoms. The van der Waals surface area contributed by atoms with Gasteiger partial charge in [0.2, 0.25) is 0 Å². The second-order valence-electron chi connectivity index (χ2n) is 7.92. The van der Waals surface area contributed by atoms with Crippen molar-refractivity contribution < 1.29 is 23.5 Å². The lowest BCUT2D eigenvalue weighted by Gasteiger charge is -2.30. The van der Waals surface area contributed by atoms with Crippen molar-refractivity contribution in [2.24, 2.45) is 5.73 Å². The van der Waals surface area contributed by atoms with Gasteiger partial charge in [-0.2, -0.15) is 0 Å². The first-order valence-electron chi connectivity index (χ1n) is 10.00. The maximum Gasteiger partial charge on any atom is 0.424 e. The van der Waals surface area contributed by atoms with Gasteiger partial charge in [-0.05, 0) is 45.9 Å². The lowest BCUT2D eigenvalue weighted by Crippen LogP contribution is -2.47. The van der Waals surface area contributed by atoms with Crippen LogP contribution in [0, 0.1) is 5.82 Å². The van der Waals surface area contributed by atoms with E-state index in [0.717, 1.165) is 0 Å². The van der Waals surface area contributed by atoms with Crippen molar-refractivity contribution in [2.45, 2.75) is 39.4 Å². The summed E-state index contributed by atoms with van der Waals surface area (Å²) in [6.45, 7) is 8.98. The summed E-state index contributed by atoms with van der Waals surface area (Å²) in [5, 5.41) is 1.34. The number of hydrogen-bond donors (Lipinski definition) is 2. The average Bonchev–Trinajstić information content (AvgIpc) is 3.05. The molecule has 0 unspecified atom stereocenters. The normalized spacial score (nSPS) is 16.4. The van der Waals surface area contributed by atoms with Crippen molar-refractivity contribution in [1.82, 2.24) is 10.4 Å². The van der Waals surface area contributed by atoms with E-state index in [-0.39, 0.29) is 13.1 Å². The van der Waals surface area contributed by atoms with E-state index in [1.807, 2.05) is 6.92 Å². The largest absolute Gasteiger partial charge is 0.443 e. The number of cyclic esters (lactones) is 1. The summed E-state index contributed by atoms with van der Waals surface area (Å²) in [5.74, 6) is -0.466. The first-order valence-corrected chi connectivity index (χ1v) is 10.00. The maximum atomic E-state index is 14.9. The van der Waals surface area contributed by atoms with E-state index in [0.29, 0.717) is 31.0 Å². The van der Waals surface area contributed by atoms with E-state index >= 15 is 0 Å². The SMILES string of the molecule is CCN(CCN(NC)C(=O)OC(C)(C)C)c1ccc(N2C[C@H](CN)OC2=O)cc1F. The minimum absolute atomic E-state index is 0.214. The zero-order chi connectivity index (χ0) is 22.5. The Morgan fingerprint density at radius 1 is 1.40 bits per heavy atom. The fourth-order valence-corrected chi connectivity index (χ4v) is 3.06. The number of hydrazine groups is 1. The average molecular weight is 426 g/mol. The highest BCUT2D eigenvalue weighted by Crippen LogP contribution is 2.27. The molecule has 9 nitrogen and oxygen atoms in total. The number of nitrogens with two attached hydrogens (primary N) is 1. The summed E-state index contributed by atoms with van der Waals surface area (Å²) in [6, 6.07) is 4.60. The molecule has 1 heterocycles. The number of likely N-dealkylation sites (N-methyl/N-ethyl adjacent to an activating group) is 1. The molecule has 30 heavy (non-hydrogen) atoms. The molecule has 1 aliphatic rings. The standard InChI is InChI=1S/C20H32FN5O4/c1-6-24(9-10-26(23-5)19(28)30-20(2,3)4)17-8-7-14(11-16(17)21)25-13-15(12-22)29-18(25)27/h7-8,11,15,23H,6,9-10,12-13,22H2,1-5H3/t15-/m0/s1. The topological polar surface area (TPSA) is 100 Å². The predicted octanol–water partition coefficient (Wildman–Crippen LogP) is 2.31. The van der Waals surface area contributed by atoms with Crippen LogP contribution in [0.15, 0.2) is 18.2 Å². The molecule has 1 saturated heterocycles. The number of ether oxygens (including phenoxy) is 2. The third-order valence-electron chi connectivity index (χ3n) is 4.58. The summed E-state index contributed by atoms with van der Waals surface area (Å²) in [6.07, 6.45) is -1.43. The monoisotopic (exact) mass is 425 g/mol. The van der Waals surface area contributed by atoms with Crippen molar-refractivity contribution in [3.05, 3.63) is 24.0 Å². The number of carbonyl (C=O) groups excluding carboxylic acids is 2. The van der Waals surface area contributed by atoms with Crippen LogP contribution in [0.3, 0.4) is 0 Å². The Morgan fingerprint density at radius 3 is 2.60 bits per heavy atom. The van der Waals surface area contributed by atoms with Crippen LogP contribution in [0.25, 0.3) is 0 Å². The van der Waals surface area contributed by atoms with E-state index in [4.69, 9.17) is 15.2 Å². The molecule has 3 N–H and O–H groups in total. The zero-order valence-corrected chi connectivity index (χ0v) is 18.3. The van der Waals surface area contributed by atoms with Gasteiger partial charge >= 0.3 is 12.2 Å². The molecule has 2 amide bonds. The van der Waals surface area contributed by atoms with Crippen LogP contribution >= 0.6 is 0 Å². The van der Waals surface area contributed by atoms with Gasteiger partial charge in [0.25, 0.3) is 0 Å². The van der Waals surface area contributed by atoms with Crippen LogP contribution < -0.4 is 21.0 Å². The Hall–Kier alpha value is -2.59. The lowest BCUT2D eigenvalue weighted by atomic mass is 10.2. The molecule has 0 aliphatic carbocycles. The summed E-state index contributed by atoms with van der Waals surface area (Å²) in [7, 11) is 1.62. The van der Waals surface area contributed by atoms with Gasteiger partial charge in [-0.3, -0.25) is 4.90 Å². The number of halogens is 1. The van der Waals surface area contributed by atoms with Crippen LogP contribution in [-0.4, -0.2) is 68.7 Å². The van der Waals surface area contributed by atoms with Crippen LogP contribution in [-0.2, 0) is 9.47 Å². The molecule has 1 fully saturated rings. The summed E-state index contributed by atoms with van der Waals surface area (Å²) in [4.78, 5) is 27.4. The molecule has 1 atom stereocenters. The Bertz CT molecular complexity index is 755. The third kappa shape index (κ3) is 5.96. The minimum Gasteiger partial charge on any atom is -0.443 e. The second kappa shape index (κ2) is 9.94. The lowest BCUT2D eigenvalue weighted by molar-refractivity contribution is 0.0167. The number of rotatable bonds is 8. The van der Waals surface area contributed by atoms with Crippen LogP contribution in [0.5, 0.6) is 0 Å². The molecule has 2 rings (SSSR count). The Labute approximate surface area is 176 Å².